The van der Waals surface area contributed by atoms with E-state index < -0.39 is 5.97 Å². The second-order valence-corrected chi connectivity index (χ2v) is 4.28. The van der Waals surface area contributed by atoms with Crippen LogP contribution in [0.1, 0.15) is 29.7 Å². The first kappa shape index (κ1) is 14.0. The lowest BCUT2D eigenvalue weighted by Crippen LogP contribution is -2.11. The number of hydrogen-bond donors (Lipinski definition) is 1. The zero-order chi connectivity index (χ0) is 14.5. The van der Waals surface area contributed by atoms with E-state index in [4.69, 9.17) is 10.5 Å². The molecule has 8 nitrogen and oxygen atoms in total. The lowest BCUT2D eigenvalue weighted by Gasteiger charge is -2.07. The second-order valence-electron chi connectivity index (χ2n) is 4.28. The Kier molecular flexibility index (Phi) is 4.34. The minimum atomic E-state index is -0.483. The van der Waals surface area contributed by atoms with E-state index in [2.05, 4.69) is 15.3 Å². The Labute approximate surface area is 116 Å². The Bertz CT molecular complexity index is 575. The maximum Gasteiger partial charge on any atom is 0.360 e. The van der Waals surface area contributed by atoms with Crippen LogP contribution in [-0.4, -0.2) is 37.1 Å². The van der Waals surface area contributed by atoms with Crippen LogP contribution in [-0.2, 0) is 17.8 Å². The number of nitrogens with two attached hydrogens (primary N) is 1. The molecular formula is C12H18N6O2. The quantitative estimate of drug-likeness (QED) is 0.778. The smallest absolute Gasteiger partial charge is 0.360 e. The number of aromatic nitrogens is 5. The molecule has 0 aliphatic heterocycles. The van der Waals surface area contributed by atoms with Crippen molar-refractivity contribution in [3.05, 3.63) is 23.9 Å². The van der Waals surface area contributed by atoms with Crippen molar-refractivity contribution in [2.24, 2.45) is 0 Å². The molecule has 0 aromatic carbocycles. The first-order chi connectivity index (χ1) is 9.63. The van der Waals surface area contributed by atoms with Crippen LogP contribution in [0, 0.1) is 6.92 Å². The van der Waals surface area contributed by atoms with Gasteiger partial charge in [-0.3, -0.25) is 4.68 Å². The van der Waals surface area contributed by atoms with Gasteiger partial charge in [-0.05, 0) is 20.3 Å². The topological polar surface area (TPSA) is 101 Å². The summed E-state index contributed by atoms with van der Waals surface area (Å²) in [4.78, 5) is 15.9. The van der Waals surface area contributed by atoms with Gasteiger partial charge in [0, 0.05) is 19.3 Å². The molecule has 0 aliphatic carbocycles. The number of ether oxygens (including phenoxy) is 1. The minimum absolute atomic E-state index is 0.185. The molecule has 0 fully saturated rings. The molecular weight excluding hydrogens is 260 g/mol. The van der Waals surface area contributed by atoms with Crippen molar-refractivity contribution in [3.8, 4) is 0 Å². The van der Waals surface area contributed by atoms with Crippen molar-refractivity contribution in [1.82, 2.24) is 24.5 Å². The van der Waals surface area contributed by atoms with E-state index in [-0.39, 0.29) is 5.69 Å². The summed E-state index contributed by atoms with van der Waals surface area (Å²) in [7, 11) is 0. The predicted molar refractivity (Wildman–Crippen MR) is 72.0 cm³/mol. The van der Waals surface area contributed by atoms with Gasteiger partial charge in [-0.2, -0.15) is 0 Å². The van der Waals surface area contributed by atoms with Crippen molar-refractivity contribution >= 4 is 11.8 Å². The van der Waals surface area contributed by atoms with Crippen molar-refractivity contribution < 1.29 is 9.53 Å². The van der Waals surface area contributed by atoms with Crippen molar-refractivity contribution in [2.75, 3.05) is 12.3 Å². The third-order valence-corrected chi connectivity index (χ3v) is 2.91. The SMILES string of the molecule is CCOC(=O)c1nc(C)n(CCCn2ccnn2)c1N. The summed E-state index contributed by atoms with van der Waals surface area (Å²) in [5.74, 6) is 0.562. The highest BCUT2D eigenvalue weighted by atomic mass is 16.5. The van der Waals surface area contributed by atoms with Crippen LogP contribution in [0.3, 0.4) is 0 Å². The summed E-state index contributed by atoms with van der Waals surface area (Å²) in [6.07, 6.45) is 4.25. The number of esters is 1. The molecule has 0 amide bonds. The monoisotopic (exact) mass is 278 g/mol. The first-order valence-electron chi connectivity index (χ1n) is 6.47. The van der Waals surface area contributed by atoms with Gasteiger partial charge in [0.25, 0.3) is 0 Å². The number of nitrogen functional groups attached to an aromatic ring is 1. The van der Waals surface area contributed by atoms with Crippen LogP contribution in [0.4, 0.5) is 5.82 Å². The highest BCUT2D eigenvalue weighted by Crippen LogP contribution is 2.16. The normalized spacial score (nSPS) is 10.7. The molecule has 0 unspecified atom stereocenters. The standard InChI is InChI=1S/C12H18N6O2/c1-3-20-12(19)10-11(13)18(9(2)15-10)7-4-6-17-8-5-14-16-17/h5,8H,3-4,6-7,13H2,1-2H3. The van der Waals surface area contributed by atoms with Crippen LogP contribution < -0.4 is 5.73 Å². The predicted octanol–water partition coefficient (Wildman–Crippen LogP) is 0.632. The van der Waals surface area contributed by atoms with Gasteiger partial charge in [-0.15, -0.1) is 5.10 Å². The van der Waals surface area contributed by atoms with Gasteiger partial charge >= 0.3 is 5.97 Å². The molecule has 0 atom stereocenters. The Morgan fingerprint density at radius 3 is 2.90 bits per heavy atom. The maximum absolute atomic E-state index is 11.7. The highest BCUT2D eigenvalue weighted by molar-refractivity contribution is 5.92. The van der Waals surface area contributed by atoms with E-state index in [0.717, 1.165) is 13.0 Å². The van der Waals surface area contributed by atoms with E-state index in [1.54, 1.807) is 24.0 Å². The number of hydrogen-bond acceptors (Lipinski definition) is 6. The molecule has 2 aromatic heterocycles. The van der Waals surface area contributed by atoms with Gasteiger partial charge < -0.3 is 15.0 Å². The van der Waals surface area contributed by atoms with Gasteiger partial charge in [-0.1, -0.05) is 5.21 Å². The molecule has 0 bridgehead atoms. The number of nitrogens with zero attached hydrogens (tertiary/aromatic N) is 5. The summed E-state index contributed by atoms with van der Waals surface area (Å²) < 4.78 is 8.48. The first-order valence-corrected chi connectivity index (χ1v) is 6.47. The zero-order valence-electron chi connectivity index (χ0n) is 11.6. The Hall–Kier alpha value is -2.38. The molecule has 2 rings (SSSR count). The van der Waals surface area contributed by atoms with Gasteiger partial charge in [0.05, 0.1) is 12.8 Å². The molecule has 0 spiro atoms. The Balaban J connectivity index is 2.02. The second kappa shape index (κ2) is 6.18. The van der Waals surface area contributed by atoms with E-state index in [1.165, 1.54) is 0 Å². The fourth-order valence-corrected chi connectivity index (χ4v) is 1.96. The van der Waals surface area contributed by atoms with E-state index in [9.17, 15) is 4.79 Å². The van der Waals surface area contributed by atoms with Gasteiger partial charge in [0.2, 0.25) is 0 Å². The molecule has 2 N–H and O–H groups in total. The lowest BCUT2D eigenvalue weighted by molar-refractivity contribution is 0.0521. The minimum Gasteiger partial charge on any atom is -0.461 e. The molecule has 20 heavy (non-hydrogen) atoms. The zero-order valence-corrected chi connectivity index (χ0v) is 11.6. The summed E-state index contributed by atoms with van der Waals surface area (Å²) >= 11 is 0. The van der Waals surface area contributed by atoms with Crippen LogP contribution in [0.5, 0.6) is 0 Å². The average molecular weight is 278 g/mol. The van der Waals surface area contributed by atoms with E-state index in [0.29, 0.717) is 24.8 Å². The molecule has 2 aromatic rings. The average Bonchev–Trinajstić information content (AvgIpc) is 3.01. The third kappa shape index (κ3) is 2.95. The van der Waals surface area contributed by atoms with Crippen molar-refractivity contribution in [1.29, 1.82) is 0 Å². The van der Waals surface area contributed by atoms with Crippen LogP contribution >= 0.6 is 0 Å². The van der Waals surface area contributed by atoms with Crippen molar-refractivity contribution in [2.45, 2.75) is 33.4 Å². The molecule has 0 radical (unpaired) electrons. The van der Waals surface area contributed by atoms with Gasteiger partial charge in [-0.25, -0.2) is 9.78 Å². The molecule has 0 saturated heterocycles. The van der Waals surface area contributed by atoms with Crippen LogP contribution in [0.15, 0.2) is 12.4 Å². The van der Waals surface area contributed by atoms with Crippen LogP contribution in [0.25, 0.3) is 0 Å². The summed E-state index contributed by atoms with van der Waals surface area (Å²) in [6, 6.07) is 0. The number of aryl methyl sites for hydroxylation is 2. The molecule has 108 valence electrons. The Morgan fingerprint density at radius 1 is 1.45 bits per heavy atom. The summed E-state index contributed by atoms with van der Waals surface area (Å²) in [6.45, 7) is 5.25. The number of imidazole rings is 1. The molecule has 2 heterocycles. The fourth-order valence-electron chi connectivity index (χ4n) is 1.96. The summed E-state index contributed by atoms with van der Waals surface area (Å²) in [5, 5.41) is 7.63. The number of carbonyl (C=O) groups is 1. The molecule has 0 saturated carbocycles. The number of rotatable bonds is 6. The van der Waals surface area contributed by atoms with E-state index >= 15 is 0 Å². The highest BCUT2D eigenvalue weighted by Gasteiger charge is 2.19. The number of carbonyl (C=O) groups excluding carboxylic acids is 1. The largest absolute Gasteiger partial charge is 0.461 e. The summed E-state index contributed by atoms with van der Waals surface area (Å²) in [5.41, 5.74) is 6.14. The fraction of sp³-hybridized carbons (Fsp3) is 0.500. The Morgan fingerprint density at radius 2 is 2.25 bits per heavy atom. The molecule has 0 aliphatic rings. The molecule has 8 heteroatoms. The maximum atomic E-state index is 11.7. The van der Waals surface area contributed by atoms with Gasteiger partial charge in [0.15, 0.2) is 5.69 Å². The van der Waals surface area contributed by atoms with Gasteiger partial charge in [0.1, 0.15) is 11.6 Å². The van der Waals surface area contributed by atoms with Crippen LogP contribution in [0.2, 0.25) is 0 Å². The third-order valence-electron chi connectivity index (χ3n) is 2.91. The number of anilines is 1. The lowest BCUT2D eigenvalue weighted by atomic mass is 10.4. The van der Waals surface area contributed by atoms with Crippen molar-refractivity contribution in [3.63, 3.8) is 0 Å². The van der Waals surface area contributed by atoms with E-state index in [1.807, 2.05) is 11.5 Å².